The van der Waals surface area contributed by atoms with E-state index in [1.54, 1.807) is 0 Å². The highest BCUT2D eigenvalue weighted by Gasteiger charge is 2.25. The molecule has 4 heteroatoms. The van der Waals surface area contributed by atoms with Crippen LogP contribution in [0.3, 0.4) is 0 Å². The van der Waals surface area contributed by atoms with Gasteiger partial charge in [0.1, 0.15) is 0 Å². The second kappa shape index (κ2) is 7.14. The lowest BCUT2D eigenvalue weighted by molar-refractivity contribution is -0.121. The van der Waals surface area contributed by atoms with Crippen molar-refractivity contribution in [1.82, 2.24) is 0 Å². The average Bonchev–Trinajstić information content (AvgIpc) is 2.56. The molecule has 1 N–H and O–H groups in total. The molecule has 2 fully saturated rings. The standard InChI is InChI=1S/C18H26N2O2/c1-14-3-2-4-15(13-14)18(21)19-16-5-7-17(8-6-16)20-9-11-22-12-10-20/h5-8,14-15H,2-4,9-13H2,1H3,(H,19,21). The van der Waals surface area contributed by atoms with Gasteiger partial charge in [-0.15, -0.1) is 0 Å². The Kier molecular flexibility index (Phi) is 4.98. The molecular weight excluding hydrogens is 276 g/mol. The van der Waals surface area contributed by atoms with Gasteiger partial charge in [0.25, 0.3) is 0 Å². The molecule has 1 saturated heterocycles. The Morgan fingerprint density at radius 1 is 1.18 bits per heavy atom. The fourth-order valence-electron chi connectivity index (χ4n) is 3.49. The largest absolute Gasteiger partial charge is 0.378 e. The van der Waals surface area contributed by atoms with Crippen LogP contribution in [0.1, 0.15) is 32.6 Å². The van der Waals surface area contributed by atoms with E-state index in [2.05, 4.69) is 29.3 Å². The Hall–Kier alpha value is -1.55. The molecular formula is C18H26N2O2. The highest BCUT2D eigenvalue weighted by molar-refractivity contribution is 5.92. The van der Waals surface area contributed by atoms with Crippen LogP contribution < -0.4 is 10.2 Å². The third kappa shape index (κ3) is 3.80. The Labute approximate surface area is 132 Å². The summed E-state index contributed by atoms with van der Waals surface area (Å²) in [5.41, 5.74) is 2.10. The number of hydrogen-bond acceptors (Lipinski definition) is 3. The first-order chi connectivity index (χ1) is 10.7. The molecule has 0 bridgehead atoms. The van der Waals surface area contributed by atoms with E-state index in [9.17, 15) is 4.79 Å². The van der Waals surface area contributed by atoms with Gasteiger partial charge in [0.15, 0.2) is 0 Å². The summed E-state index contributed by atoms with van der Waals surface area (Å²) in [6, 6.07) is 8.19. The SMILES string of the molecule is CC1CCCC(C(=O)Nc2ccc(N3CCOCC3)cc2)C1. The smallest absolute Gasteiger partial charge is 0.227 e. The number of carbonyl (C=O) groups excluding carboxylic acids is 1. The molecule has 0 spiro atoms. The highest BCUT2D eigenvalue weighted by Crippen LogP contribution is 2.29. The van der Waals surface area contributed by atoms with Gasteiger partial charge in [-0.05, 0) is 43.0 Å². The number of amides is 1. The number of hydrogen-bond donors (Lipinski definition) is 1. The lowest BCUT2D eigenvalue weighted by Gasteiger charge is -2.29. The van der Waals surface area contributed by atoms with E-state index in [0.717, 1.165) is 44.8 Å². The van der Waals surface area contributed by atoms with Crippen LogP contribution in [0.25, 0.3) is 0 Å². The zero-order valence-electron chi connectivity index (χ0n) is 13.4. The molecule has 1 aromatic rings. The minimum Gasteiger partial charge on any atom is -0.378 e. The first kappa shape index (κ1) is 15.3. The number of nitrogens with one attached hydrogen (secondary N) is 1. The van der Waals surface area contributed by atoms with Gasteiger partial charge in [-0.1, -0.05) is 19.8 Å². The van der Waals surface area contributed by atoms with Gasteiger partial charge in [0, 0.05) is 30.4 Å². The minimum absolute atomic E-state index is 0.183. The number of anilines is 2. The molecule has 2 aliphatic rings. The lowest BCUT2D eigenvalue weighted by Crippen LogP contribution is -2.36. The molecule has 120 valence electrons. The molecule has 1 heterocycles. The maximum Gasteiger partial charge on any atom is 0.227 e. The van der Waals surface area contributed by atoms with Gasteiger partial charge in [0.2, 0.25) is 5.91 Å². The zero-order chi connectivity index (χ0) is 15.4. The summed E-state index contributed by atoms with van der Waals surface area (Å²) in [5.74, 6) is 1.04. The Morgan fingerprint density at radius 3 is 2.59 bits per heavy atom. The fraction of sp³-hybridized carbons (Fsp3) is 0.611. The third-order valence-electron chi connectivity index (χ3n) is 4.82. The molecule has 1 aliphatic heterocycles. The van der Waals surface area contributed by atoms with E-state index in [4.69, 9.17) is 4.74 Å². The molecule has 2 unspecified atom stereocenters. The van der Waals surface area contributed by atoms with Crippen molar-refractivity contribution in [2.45, 2.75) is 32.6 Å². The van der Waals surface area contributed by atoms with Crippen LogP contribution in [-0.2, 0) is 9.53 Å². The van der Waals surface area contributed by atoms with Crippen LogP contribution in [0.15, 0.2) is 24.3 Å². The molecule has 1 saturated carbocycles. The topological polar surface area (TPSA) is 41.6 Å². The van der Waals surface area contributed by atoms with E-state index in [1.807, 2.05) is 12.1 Å². The number of benzene rings is 1. The van der Waals surface area contributed by atoms with Crippen LogP contribution >= 0.6 is 0 Å². The molecule has 2 atom stereocenters. The van der Waals surface area contributed by atoms with Crippen molar-refractivity contribution in [3.8, 4) is 0 Å². The highest BCUT2D eigenvalue weighted by atomic mass is 16.5. The maximum atomic E-state index is 12.4. The quantitative estimate of drug-likeness (QED) is 0.931. The zero-order valence-corrected chi connectivity index (χ0v) is 13.4. The van der Waals surface area contributed by atoms with Gasteiger partial charge in [-0.25, -0.2) is 0 Å². The summed E-state index contributed by atoms with van der Waals surface area (Å²) >= 11 is 0. The van der Waals surface area contributed by atoms with Crippen molar-refractivity contribution in [1.29, 1.82) is 0 Å². The fourth-order valence-corrected chi connectivity index (χ4v) is 3.49. The van der Waals surface area contributed by atoms with Crippen LogP contribution in [-0.4, -0.2) is 32.2 Å². The molecule has 1 amide bonds. The van der Waals surface area contributed by atoms with Gasteiger partial charge in [0.05, 0.1) is 13.2 Å². The molecule has 1 aromatic carbocycles. The van der Waals surface area contributed by atoms with Gasteiger partial charge < -0.3 is 15.0 Å². The molecule has 3 rings (SSSR count). The Bertz CT molecular complexity index is 494. The third-order valence-corrected chi connectivity index (χ3v) is 4.82. The van der Waals surface area contributed by atoms with E-state index < -0.39 is 0 Å². The first-order valence-electron chi connectivity index (χ1n) is 8.46. The van der Waals surface area contributed by atoms with Crippen molar-refractivity contribution in [3.05, 3.63) is 24.3 Å². The van der Waals surface area contributed by atoms with Crippen LogP contribution in [0.4, 0.5) is 11.4 Å². The normalized spacial score (nSPS) is 25.8. The second-order valence-electron chi connectivity index (χ2n) is 6.60. The van der Waals surface area contributed by atoms with Crippen molar-refractivity contribution >= 4 is 17.3 Å². The van der Waals surface area contributed by atoms with E-state index >= 15 is 0 Å². The molecule has 22 heavy (non-hydrogen) atoms. The second-order valence-corrected chi connectivity index (χ2v) is 6.60. The van der Waals surface area contributed by atoms with E-state index in [1.165, 1.54) is 18.5 Å². The Balaban J connectivity index is 1.57. The van der Waals surface area contributed by atoms with Crippen molar-refractivity contribution < 1.29 is 9.53 Å². The lowest BCUT2D eigenvalue weighted by atomic mass is 9.82. The molecule has 1 aliphatic carbocycles. The van der Waals surface area contributed by atoms with E-state index in [0.29, 0.717) is 5.92 Å². The van der Waals surface area contributed by atoms with Crippen LogP contribution in [0, 0.1) is 11.8 Å². The van der Waals surface area contributed by atoms with E-state index in [-0.39, 0.29) is 11.8 Å². The first-order valence-corrected chi connectivity index (χ1v) is 8.46. The molecule has 0 radical (unpaired) electrons. The Morgan fingerprint density at radius 2 is 1.91 bits per heavy atom. The maximum absolute atomic E-state index is 12.4. The van der Waals surface area contributed by atoms with Gasteiger partial charge >= 0.3 is 0 Å². The number of ether oxygens (including phenoxy) is 1. The summed E-state index contributed by atoms with van der Waals surface area (Å²) in [7, 11) is 0. The van der Waals surface area contributed by atoms with Crippen molar-refractivity contribution in [3.63, 3.8) is 0 Å². The summed E-state index contributed by atoms with van der Waals surface area (Å²) in [5, 5.41) is 3.08. The number of morpholine rings is 1. The summed E-state index contributed by atoms with van der Waals surface area (Å²) in [4.78, 5) is 14.7. The minimum atomic E-state index is 0.183. The summed E-state index contributed by atoms with van der Waals surface area (Å²) in [6.07, 6.45) is 4.49. The van der Waals surface area contributed by atoms with Crippen LogP contribution in [0.2, 0.25) is 0 Å². The summed E-state index contributed by atoms with van der Waals surface area (Å²) in [6.45, 7) is 5.70. The van der Waals surface area contributed by atoms with Crippen molar-refractivity contribution in [2.75, 3.05) is 36.5 Å². The van der Waals surface area contributed by atoms with Gasteiger partial charge in [-0.2, -0.15) is 0 Å². The average molecular weight is 302 g/mol. The van der Waals surface area contributed by atoms with Crippen molar-refractivity contribution in [2.24, 2.45) is 11.8 Å². The number of carbonyl (C=O) groups is 1. The predicted octanol–water partition coefficient (Wildman–Crippen LogP) is 3.29. The van der Waals surface area contributed by atoms with Gasteiger partial charge in [-0.3, -0.25) is 4.79 Å². The van der Waals surface area contributed by atoms with Crippen LogP contribution in [0.5, 0.6) is 0 Å². The summed E-state index contributed by atoms with van der Waals surface area (Å²) < 4.78 is 5.37. The number of nitrogens with zero attached hydrogens (tertiary/aromatic N) is 1. The molecule has 4 nitrogen and oxygen atoms in total. The molecule has 0 aromatic heterocycles. The number of rotatable bonds is 3. The predicted molar refractivity (Wildman–Crippen MR) is 89.2 cm³/mol. The monoisotopic (exact) mass is 302 g/mol.